The van der Waals surface area contributed by atoms with Crippen molar-refractivity contribution >= 4 is 0 Å². The molecule has 3 rings (SSSR count). The summed E-state index contributed by atoms with van der Waals surface area (Å²) < 4.78 is 24.0. The number of rotatable bonds is 15. The molecule has 1 aromatic rings. The molecular weight excluding hydrogens is 364 g/mol. The largest absolute Gasteiger partial charge is 0.368 e. The van der Waals surface area contributed by atoms with Gasteiger partial charge in [0, 0.05) is 7.11 Å². The highest BCUT2D eigenvalue weighted by molar-refractivity contribution is 5.13. The molecule has 2 aliphatic heterocycles. The molecule has 1 aromatic carbocycles. The van der Waals surface area contributed by atoms with Gasteiger partial charge in [0.2, 0.25) is 0 Å². The highest BCUT2D eigenvalue weighted by Gasteiger charge is 2.57. The molecule has 29 heavy (non-hydrogen) atoms. The monoisotopic (exact) mass is 404 g/mol. The fourth-order valence-corrected chi connectivity index (χ4v) is 4.58. The van der Waals surface area contributed by atoms with Crippen molar-refractivity contribution in [1.82, 2.24) is 0 Å². The molecule has 2 saturated heterocycles. The van der Waals surface area contributed by atoms with Gasteiger partial charge in [0.25, 0.3) is 0 Å². The fourth-order valence-electron chi connectivity index (χ4n) is 4.58. The van der Waals surface area contributed by atoms with Gasteiger partial charge < -0.3 is 18.9 Å². The summed E-state index contributed by atoms with van der Waals surface area (Å²) in [7, 11) is 1.68. The summed E-state index contributed by atoms with van der Waals surface area (Å²) in [6.45, 7) is 2.87. The van der Waals surface area contributed by atoms with Gasteiger partial charge in [0.1, 0.15) is 18.3 Å². The van der Waals surface area contributed by atoms with Crippen LogP contribution in [-0.2, 0) is 25.6 Å². The third kappa shape index (κ3) is 6.78. The fraction of sp³-hybridized carbons (Fsp3) is 0.760. The maximum atomic E-state index is 6.27. The van der Waals surface area contributed by atoms with Crippen LogP contribution in [0.1, 0.15) is 83.1 Å². The lowest BCUT2D eigenvalue weighted by atomic mass is 10.0. The number of fused-ring (bicyclic) bond motifs is 2. The minimum absolute atomic E-state index is 0.00720. The molecule has 0 aliphatic carbocycles. The molecule has 2 heterocycles. The summed E-state index contributed by atoms with van der Waals surface area (Å²) in [5.74, 6) is 0. The van der Waals surface area contributed by atoms with Crippen LogP contribution >= 0.6 is 0 Å². The molecule has 0 saturated carbocycles. The predicted octanol–water partition coefficient (Wildman–Crippen LogP) is 6.02. The van der Waals surface area contributed by atoms with Crippen LogP contribution in [0, 0.1) is 0 Å². The van der Waals surface area contributed by atoms with Crippen LogP contribution in [0.3, 0.4) is 0 Å². The molecule has 3 unspecified atom stereocenters. The minimum atomic E-state index is -0.301. The SMILES string of the molecule is CCCCCCCCCCCC[C@@H]1OC2C(OCc3ccccc3)C1O[C@@H]2OC. The Kier molecular flexibility index (Phi) is 9.95. The molecule has 2 bridgehead atoms. The van der Waals surface area contributed by atoms with E-state index in [9.17, 15) is 0 Å². The van der Waals surface area contributed by atoms with E-state index in [4.69, 9.17) is 18.9 Å². The highest BCUT2D eigenvalue weighted by Crippen LogP contribution is 2.40. The van der Waals surface area contributed by atoms with Crippen LogP contribution in [0.2, 0.25) is 0 Å². The first-order valence-electron chi connectivity index (χ1n) is 11.8. The van der Waals surface area contributed by atoms with Crippen molar-refractivity contribution in [2.75, 3.05) is 7.11 Å². The lowest BCUT2D eigenvalue weighted by Crippen LogP contribution is -2.36. The highest BCUT2D eigenvalue weighted by atomic mass is 16.7. The van der Waals surface area contributed by atoms with Crippen molar-refractivity contribution in [1.29, 1.82) is 0 Å². The maximum absolute atomic E-state index is 6.27. The first-order valence-corrected chi connectivity index (χ1v) is 11.8. The molecule has 0 amide bonds. The number of hydrogen-bond donors (Lipinski definition) is 0. The third-order valence-corrected chi connectivity index (χ3v) is 6.27. The Morgan fingerprint density at radius 1 is 0.793 bits per heavy atom. The molecule has 2 fully saturated rings. The van der Waals surface area contributed by atoms with Crippen molar-refractivity contribution in [2.45, 2.75) is 115 Å². The minimum Gasteiger partial charge on any atom is -0.368 e. The zero-order chi connectivity index (χ0) is 20.3. The average Bonchev–Trinajstić information content (AvgIpc) is 3.28. The zero-order valence-electron chi connectivity index (χ0n) is 18.4. The molecule has 4 nitrogen and oxygen atoms in total. The predicted molar refractivity (Wildman–Crippen MR) is 116 cm³/mol. The van der Waals surface area contributed by atoms with Crippen molar-refractivity contribution in [3.8, 4) is 0 Å². The average molecular weight is 405 g/mol. The van der Waals surface area contributed by atoms with Crippen LogP contribution in [0.25, 0.3) is 0 Å². The molecule has 0 spiro atoms. The van der Waals surface area contributed by atoms with Crippen LogP contribution in [-0.4, -0.2) is 37.8 Å². The lowest BCUT2D eigenvalue weighted by molar-refractivity contribution is -0.228. The lowest BCUT2D eigenvalue weighted by Gasteiger charge is -2.27. The number of benzene rings is 1. The van der Waals surface area contributed by atoms with Gasteiger partial charge in [-0.1, -0.05) is 101 Å². The van der Waals surface area contributed by atoms with Crippen molar-refractivity contribution in [3.63, 3.8) is 0 Å². The molecule has 0 aromatic heterocycles. The Balaban J connectivity index is 1.32. The van der Waals surface area contributed by atoms with E-state index >= 15 is 0 Å². The quantitative estimate of drug-likeness (QED) is 0.335. The Bertz CT molecular complexity index is 549. The van der Waals surface area contributed by atoms with Gasteiger partial charge in [-0.05, 0) is 12.0 Å². The van der Waals surface area contributed by atoms with E-state index in [1.807, 2.05) is 18.2 Å². The second kappa shape index (κ2) is 12.7. The van der Waals surface area contributed by atoms with Crippen LogP contribution in [0.5, 0.6) is 0 Å². The first kappa shape index (κ1) is 22.7. The molecule has 2 aliphatic rings. The molecule has 4 heteroatoms. The second-order valence-electron chi connectivity index (χ2n) is 8.58. The molecular formula is C25H40O4. The molecule has 164 valence electrons. The Morgan fingerprint density at radius 3 is 2.10 bits per heavy atom. The van der Waals surface area contributed by atoms with Gasteiger partial charge in [0.05, 0.1) is 12.7 Å². The van der Waals surface area contributed by atoms with Gasteiger partial charge in [-0.3, -0.25) is 0 Å². The van der Waals surface area contributed by atoms with Crippen LogP contribution < -0.4 is 0 Å². The third-order valence-electron chi connectivity index (χ3n) is 6.27. The summed E-state index contributed by atoms with van der Waals surface area (Å²) in [4.78, 5) is 0. The topological polar surface area (TPSA) is 36.9 Å². The van der Waals surface area contributed by atoms with Crippen LogP contribution in [0.15, 0.2) is 30.3 Å². The first-order chi connectivity index (χ1) is 14.3. The summed E-state index contributed by atoms with van der Waals surface area (Å²) in [5.41, 5.74) is 1.18. The summed E-state index contributed by atoms with van der Waals surface area (Å²) in [5, 5.41) is 0. The molecule has 5 atom stereocenters. The second-order valence-corrected chi connectivity index (χ2v) is 8.58. The smallest absolute Gasteiger partial charge is 0.186 e. The standard InChI is InChI=1S/C25H40O4/c1-3-4-5-6-7-8-9-10-11-15-18-21-22-23(24(28-21)25(26-2)29-22)27-19-20-16-13-12-14-17-20/h12-14,16-17,21-25H,3-11,15,18-19H2,1-2H3/t21-,22?,23?,24?,25-/m0/s1. The number of unbranched alkanes of at least 4 members (excludes halogenated alkanes) is 9. The van der Waals surface area contributed by atoms with E-state index < -0.39 is 0 Å². The van der Waals surface area contributed by atoms with Crippen LogP contribution in [0.4, 0.5) is 0 Å². The number of methoxy groups -OCH3 is 1. The Morgan fingerprint density at radius 2 is 1.45 bits per heavy atom. The summed E-state index contributed by atoms with van der Waals surface area (Å²) >= 11 is 0. The Labute approximate surface area is 177 Å². The van der Waals surface area contributed by atoms with E-state index in [0.717, 1.165) is 6.42 Å². The summed E-state index contributed by atoms with van der Waals surface area (Å²) in [6.07, 6.45) is 14.3. The molecule has 0 N–H and O–H groups in total. The van der Waals surface area contributed by atoms with Crippen molar-refractivity contribution in [3.05, 3.63) is 35.9 Å². The maximum Gasteiger partial charge on any atom is 0.186 e. The zero-order valence-corrected chi connectivity index (χ0v) is 18.4. The van der Waals surface area contributed by atoms with Crippen molar-refractivity contribution in [2.24, 2.45) is 0 Å². The van der Waals surface area contributed by atoms with E-state index in [1.165, 1.54) is 69.8 Å². The Hall–Kier alpha value is -0.940. The van der Waals surface area contributed by atoms with E-state index in [2.05, 4.69) is 19.1 Å². The van der Waals surface area contributed by atoms with E-state index in [-0.39, 0.29) is 30.7 Å². The van der Waals surface area contributed by atoms with E-state index in [0.29, 0.717) is 6.61 Å². The van der Waals surface area contributed by atoms with Gasteiger partial charge in [0.15, 0.2) is 6.29 Å². The normalized spacial score (nSPS) is 28.3. The van der Waals surface area contributed by atoms with Gasteiger partial charge in [-0.25, -0.2) is 0 Å². The van der Waals surface area contributed by atoms with Gasteiger partial charge in [-0.2, -0.15) is 0 Å². The number of ether oxygens (including phenoxy) is 4. The van der Waals surface area contributed by atoms with E-state index in [1.54, 1.807) is 7.11 Å². The van der Waals surface area contributed by atoms with Crippen molar-refractivity contribution < 1.29 is 18.9 Å². The van der Waals surface area contributed by atoms with Gasteiger partial charge in [-0.15, -0.1) is 0 Å². The number of hydrogen-bond acceptors (Lipinski definition) is 4. The molecule has 0 radical (unpaired) electrons. The summed E-state index contributed by atoms with van der Waals surface area (Å²) in [6, 6.07) is 10.3. The van der Waals surface area contributed by atoms with Gasteiger partial charge >= 0.3 is 0 Å².